The van der Waals surface area contributed by atoms with Crippen LogP contribution in [0.25, 0.3) is 16.9 Å². The van der Waals surface area contributed by atoms with Gasteiger partial charge in [-0.2, -0.15) is 0 Å². The van der Waals surface area contributed by atoms with Crippen molar-refractivity contribution in [3.63, 3.8) is 0 Å². The quantitative estimate of drug-likeness (QED) is 0.311. The molecule has 2 aromatic carbocycles. The number of hydrogen-bond acceptors (Lipinski definition) is 5. The number of aromatic amines is 1. The summed E-state index contributed by atoms with van der Waals surface area (Å²) in [7, 11) is 1.71. The van der Waals surface area contributed by atoms with Crippen LogP contribution < -0.4 is 15.6 Å². The van der Waals surface area contributed by atoms with Crippen molar-refractivity contribution in [3.05, 3.63) is 113 Å². The van der Waals surface area contributed by atoms with Crippen LogP contribution in [0.3, 0.4) is 0 Å². The molecule has 0 aliphatic carbocycles. The van der Waals surface area contributed by atoms with Crippen molar-refractivity contribution in [1.29, 1.82) is 0 Å². The van der Waals surface area contributed by atoms with Crippen molar-refractivity contribution in [2.75, 3.05) is 25.5 Å². The third-order valence-corrected chi connectivity index (χ3v) is 7.39. The number of hydrogen-bond donors (Lipinski definition) is 2. The van der Waals surface area contributed by atoms with Crippen LogP contribution in [0.15, 0.2) is 96.2 Å². The zero-order chi connectivity index (χ0) is 26.8. The predicted molar refractivity (Wildman–Crippen MR) is 152 cm³/mol. The van der Waals surface area contributed by atoms with E-state index in [-0.39, 0.29) is 11.5 Å². The summed E-state index contributed by atoms with van der Waals surface area (Å²) in [5.74, 6) is 1.37. The first kappa shape index (κ1) is 24.5. The van der Waals surface area contributed by atoms with Crippen LogP contribution in [0.2, 0.25) is 0 Å². The number of amides is 1. The maximum atomic E-state index is 13.2. The van der Waals surface area contributed by atoms with Crippen molar-refractivity contribution >= 4 is 22.9 Å². The van der Waals surface area contributed by atoms with Gasteiger partial charge in [0.2, 0.25) is 5.56 Å². The van der Waals surface area contributed by atoms with Gasteiger partial charge < -0.3 is 19.9 Å². The molecule has 2 N–H and O–H groups in total. The summed E-state index contributed by atoms with van der Waals surface area (Å²) in [5, 5.41) is 3.42. The molecule has 3 aromatic heterocycles. The van der Waals surface area contributed by atoms with Crippen molar-refractivity contribution < 1.29 is 9.53 Å². The van der Waals surface area contributed by atoms with Gasteiger partial charge >= 0.3 is 0 Å². The van der Waals surface area contributed by atoms with Crippen LogP contribution in [-0.2, 0) is 0 Å². The molecule has 8 nitrogen and oxygen atoms in total. The first-order valence-electron chi connectivity index (χ1n) is 13.0. The highest BCUT2D eigenvalue weighted by Crippen LogP contribution is 2.34. The van der Waals surface area contributed by atoms with Crippen molar-refractivity contribution in [1.82, 2.24) is 19.3 Å². The SMILES string of the molecule is COc1ccccc1C1CCN(C(=O)c2ccc(Nc3ccc(-c4cc[nH]c(=O)c4)n4ccnc34)cc2)CC1. The first-order chi connectivity index (χ1) is 19.1. The van der Waals surface area contributed by atoms with Crippen molar-refractivity contribution in [3.8, 4) is 17.0 Å². The van der Waals surface area contributed by atoms with E-state index in [4.69, 9.17) is 4.74 Å². The number of pyridine rings is 2. The summed E-state index contributed by atoms with van der Waals surface area (Å²) in [4.78, 5) is 34.1. The highest BCUT2D eigenvalue weighted by atomic mass is 16.5. The normalized spacial score (nSPS) is 13.9. The Labute approximate surface area is 225 Å². The van der Waals surface area contributed by atoms with Crippen molar-refractivity contribution in [2.45, 2.75) is 18.8 Å². The van der Waals surface area contributed by atoms with Gasteiger partial charge in [-0.1, -0.05) is 18.2 Å². The summed E-state index contributed by atoms with van der Waals surface area (Å²) in [5.41, 5.74) is 5.84. The van der Waals surface area contributed by atoms with Crippen LogP contribution >= 0.6 is 0 Å². The van der Waals surface area contributed by atoms with Crippen LogP contribution in [0.1, 0.15) is 34.7 Å². The molecule has 0 unspecified atom stereocenters. The minimum Gasteiger partial charge on any atom is -0.496 e. The summed E-state index contributed by atoms with van der Waals surface area (Å²) in [6, 6.07) is 23.1. The number of anilines is 2. The molecule has 1 fully saturated rings. The van der Waals surface area contributed by atoms with E-state index >= 15 is 0 Å². The Balaban J connectivity index is 1.14. The topological polar surface area (TPSA) is 91.7 Å². The minimum absolute atomic E-state index is 0.0536. The van der Waals surface area contributed by atoms with E-state index in [1.54, 1.807) is 25.6 Å². The Hall–Kier alpha value is -4.85. The van der Waals surface area contributed by atoms with E-state index in [2.05, 4.69) is 21.4 Å². The number of methoxy groups -OCH3 is 1. The van der Waals surface area contributed by atoms with Crippen LogP contribution in [0.5, 0.6) is 5.75 Å². The number of nitrogens with zero attached hydrogens (tertiary/aromatic N) is 3. The standard InChI is InChI=1S/C31H29N5O3/c1-39-28-5-3-2-4-25(28)21-13-17-35(18-14-21)31(38)22-6-8-24(9-7-22)34-26-10-11-27(36-19-16-33-30(26)36)23-12-15-32-29(37)20-23/h2-12,15-16,19-21,34H,13-14,17-18H2,1H3,(H,32,37). The van der Waals surface area contributed by atoms with Gasteiger partial charge in [-0.25, -0.2) is 4.98 Å². The number of para-hydroxylation sites is 1. The van der Waals surface area contributed by atoms with Gasteiger partial charge in [-0.05, 0) is 72.9 Å². The number of aromatic nitrogens is 3. The molecule has 4 heterocycles. The molecule has 6 rings (SSSR count). The molecule has 5 aromatic rings. The average Bonchev–Trinajstić information content (AvgIpc) is 3.48. The lowest BCUT2D eigenvalue weighted by Gasteiger charge is -2.33. The Bertz CT molecular complexity index is 1680. The van der Waals surface area contributed by atoms with Gasteiger partial charge in [0.15, 0.2) is 5.65 Å². The minimum atomic E-state index is -0.154. The van der Waals surface area contributed by atoms with Crippen molar-refractivity contribution in [2.24, 2.45) is 0 Å². The van der Waals surface area contributed by atoms with E-state index in [0.717, 1.165) is 60.0 Å². The molecule has 0 saturated carbocycles. The number of H-pyrrole nitrogens is 1. The van der Waals surface area contributed by atoms with E-state index in [9.17, 15) is 9.59 Å². The van der Waals surface area contributed by atoms with E-state index in [0.29, 0.717) is 11.5 Å². The lowest BCUT2D eigenvalue weighted by Crippen LogP contribution is -2.37. The second-order valence-electron chi connectivity index (χ2n) is 9.71. The molecule has 1 amide bonds. The molecule has 39 heavy (non-hydrogen) atoms. The van der Waals surface area contributed by atoms with Gasteiger partial charge in [0.1, 0.15) is 5.75 Å². The number of rotatable bonds is 6. The smallest absolute Gasteiger partial charge is 0.253 e. The molecule has 0 spiro atoms. The summed E-state index contributed by atoms with van der Waals surface area (Å²) < 4.78 is 7.49. The number of carbonyl (C=O) groups excluding carboxylic acids is 1. The number of imidazole rings is 1. The monoisotopic (exact) mass is 519 g/mol. The molecule has 0 bridgehead atoms. The summed E-state index contributed by atoms with van der Waals surface area (Å²) >= 11 is 0. The van der Waals surface area contributed by atoms with E-state index < -0.39 is 0 Å². The fourth-order valence-electron chi connectivity index (χ4n) is 5.38. The van der Waals surface area contributed by atoms with Gasteiger partial charge in [0.05, 0.1) is 18.5 Å². The molecular formula is C31H29N5O3. The highest BCUT2D eigenvalue weighted by Gasteiger charge is 2.26. The van der Waals surface area contributed by atoms with E-state index in [1.807, 2.05) is 76.2 Å². The summed E-state index contributed by atoms with van der Waals surface area (Å²) in [6.07, 6.45) is 7.07. The number of carbonyl (C=O) groups is 1. The fraction of sp³-hybridized carbons (Fsp3) is 0.194. The zero-order valence-electron chi connectivity index (χ0n) is 21.6. The molecule has 0 atom stereocenters. The number of likely N-dealkylation sites (tertiary alicyclic amines) is 1. The van der Waals surface area contributed by atoms with Gasteiger partial charge in [-0.15, -0.1) is 0 Å². The number of piperidine rings is 1. The van der Waals surface area contributed by atoms with Gasteiger partial charge in [0, 0.05) is 54.6 Å². The molecule has 1 aliphatic heterocycles. The molecular weight excluding hydrogens is 490 g/mol. The molecule has 1 saturated heterocycles. The van der Waals surface area contributed by atoms with Gasteiger partial charge in [-0.3, -0.25) is 14.0 Å². The zero-order valence-corrected chi connectivity index (χ0v) is 21.6. The molecule has 196 valence electrons. The van der Waals surface area contributed by atoms with Crippen LogP contribution in [0, 0.1) is 0 Å². The third kappa shape index (κ3) is 4.88. The Kier molecular flexibility index (Phi) is 6.59. The maximum absolute atomic E-state index is 13.2. The largest absolute Gasteiger partial charge is 0.496 e. The van der Waals surface area contributed by atoms with Crippen LogP contribution in [-0.4, -0.2) is 45.4 Å². The average molecular weight is 520 g/mol. The fourth-order valence-corrected chi connectivity index (χ4v) is 5.38. The number of nitrogens with one attached hydrogen (secondary N) is 2. The molecule has 8 heteroatoms. The number of ether oxygens (including phenoxy) is 1. The van der Waals surface area contributed by atoms with Crippen LogP contribution in [0.4, 0.5) is 11.4 Å². The maximum Gasteiger partial charge on any atom is 0.253 e. The lowest BCUT2D eigenvalue weighted by molar-refractivity contribution is 0.0712. The third-order valence-electron chi connectivity index (χ3n) is 7.39. The predicted octanol–water partition coefficient (Wildman–Crippen LogP) is 5.46. The Morgan fingerprint density at radius 2 is 1.82 bits per heavy atom. The Morgan fingerprint density at radius 1 is 1.03 bits per heavy atom. The second kappa shape index (κ2) is 10.5. The second-order valence-corrected chi connectivity index (χ2v) is 9.71. The summed E-state index contributed by atoms with van der Waals surface area (Å²) in [6.45, 7) is 1.44. The molecule has 0 radical (unpaired) electrons. The highest BCUT2D eigenvalue weighted by molar-refractivity contribution is 5.94. The van der Waals surface area contributed by atoms with Gasteiger partial charge in [0.25, 0.3) is 5.91 Å². The molecule has 1 aliphatic rings. The first-order valence-corrected chi connectivity index (χ1v) is 13.0. The van der Waals surface area contributed by atoms with E-state index in [1.165, 1.54) is 5.56 Å². The number of benzene rings is 2. The lowest BCUT2D eigenvalue weighted by atomic mass is 9.88. The number of fused-ring (bicyclic) bond motifs is 1. The Morgan fingerprint density at radius 3 is 2.59 bits per heavy atom.